The van der Waals surface area contributed by atoms with Gasteiger partial charge in [0, 0.05) is 23.0 Å². The molecule has 11 heteroatoms. The molecule has 1 aromatic carbocycles. The smallest absolute Gasteiger partial charge is 0.313 e. The van der Waals surface area contributed by atoms with Gasteiger partial charge >= 0.3 is 11.8 Å². The highest BCUT2D eigenvalue weighted by atomic mass is 32.2. The van der Waals surface area contributed by atoms with Gasteiger partial charge in [0.05, 0.1) is 18.9 Å². The van der Waals surface area contributed by atoms with Gasteiger partial charge in [0.1, 0.15) is 10.8 Å². The van der Waals surface area contributed by atoms with Gasteiger partial charge in [0.25, 0.3) is 0 Å². The molecular formula is C20H23N5O4S2. The number of benzene rings is 1. The number of nitrogens with zero attached hydrogens (tertiary/aromatic N) is 3. The Balaban J connectivity index is 1.55. The van der Waals surface area contributed by atoms with E-state index in [2.05, 4.69) is 25.8 Å². The Morgan fingerprint density at radius 3 is 2.71 bits per heavy atom. The minimum absolute atomic E-state index is 0.431. The van der Waals surface area contributed by atoms with Crippen LogP contribution in [0.2, 0.25) is 0 Å². The van der Waals surface area contributed by atoms with Crippen molar-refractivity contribution in [3.8, 4) is 17.1 Å². The summed E-state index contributed by atoms with van der Waals surface area (Å²) in [5.74, 6) is 0.300. The minimum atomic E-state index is -0.755. The Morgan fingerprint density at radius 2 is 2.06 bits per heavy atom. The first-order valence-electron chi connectivity index (χ1n) is 9.41. The van der Waals surface area contributed by atoms with Crippen LogP contribution in [0.4, 0.5) is 5.69 Å². The molecule has 0 saturated carbocycles. The average molecular weight is 462 g/mol. The molecule has 0 bridgehead atoms. The second-order valence-corrected chi connectivity index (χ2v) is 9.78. The van der Waals surface area contributed by atoms with E-state index < -0.39 is 17.4 Å². The number of hydrogen-bond acceptors (Lipinski definition) is 9. The van der Waals surface area contributed by atoms with E-state index in [-0.39, 0.29) is 0 Å². The zero-order valence-electron chi connectivity index (χ0n) is 17.6. The molecule has 0 radical (unpaired) electrons. The topological polar surface area (TPSA) is 119 Å². The number of ether oxygens (including phenoxy) is 1. The number of nitrogens with one attached hydrogen (secondary N) is 2. The Labute approximate surface area is 188 Å². The van der Waals surface area contributed by atoms with Crippen LogP contribution in [0.3, 0.4) is 0 Å². The molecule has 3 aromatic rings. The molecule has 0 spiro atoms. The minimum Gasteiger partial charge on any atom is -0.496 e. The molecule has 2 amide bonds. The summed E-state index contributed by atoms with van der Waals surface area (Å²) < 4.78 is 11.5. The molecule has 31 heavy (non-hydrogen) atoms. The van der Waals surface area contributed by atoms with Gasteiger partial charge in [0.15, 0.2) is 16.5 Å². The number of hydrogen-bond donors (Lipinski definition) is 2. The third-order valence-corrected chi connectivity index (χ3v) is 6.25. The van der Waals surface area contributed by atoms with Crippen molar-refractivity contribution in [2.75, 3.05) is 18.2 Å². The number of aromatic nitrogens is 3. The summed E-state index contributed by atoms with van der Waals surface area (Å²) >= 11 is 3.11. The van der Waals surface area contributed by atoms with Crippen molar-refractivity contribution in [1.29, 1.82) is 0 Å². The Kier molecular flexibility index (Phi) is 7.29. The molecule has 0 aliphatic carbocycles. The highest BCUT2D eigenvalue weighted by Crippen LogP contribution is 2.32. The number of oxazole rings is 1. The lowest BCUT2D eigenvalue weighted by Crippen LogP contribution is -2.48. The molecule has 0 aliphatic heterocycles. The quantitative estimate of drug-likeness (QED) is 0.386. The number of rotatable bonds is 8. The summed E-state index contributed by atoms with van der Waals surface area (Å²) in [5, 5.41) is 14.3. The molecule has 164 valence electrons. The predicted octanol–water partition coefficient (Wildman–Crippen LogP) is 3.53. The van der Waals surface area contributed by atoms with E-state index in [4.69, 9.17) is 9.15 Å². The van der Waals surface area contributed by atoms with Gasteiger partial charge in [-0.3, -0.25) is 9.59 Å². The number of carbonyl (C=O) groups is 2. The van der Waals surface area contributed by atoms with Gasteiger partial charge in [-0.1, -0.05) is 23.1 Å². The maximum Gasteiger partial charge on any atom is 0.313 e. The summed E-state index contributed by atoms with van der Waals surface area (Å²) in [5.41, 5.74) is 0.557. The third kappa shape index (κ3) is 6.28. The largest absolute Gasteiger partial charge is 0.496 e. The summed E-state index contributed by atoms with van der Waals surface area (Å²) in [6, 6.07) is 5.01. The maximum absolute atomic E-state index is 12.4. The van der Waals surface area contributed by atoms with Gasteiger partial charge in [-0.2, -0.15) is 0 Å². The van der Waals surface area contributed by atoms with Crippen molar-refractivity contribution in [3.05, 3.63) is 35.8 Å². The molecule has 2 heterocycles. The van der Waals surface area contributed by atoms with Crippen LogP contribution in [0.1, 0.15) is 25.3 Å². The van der Waals surface area contributed by atoms with Gasteiger partial charge in [0.2, 0.25) is 0 Å². The van der Waals surface area contributed by atoms with Gasteiger partial charge in [-0.25, -0.2) is 4.98 Å². The summed E-state index contributed by atoms with van der Waals surface area (Å²) in [6.07, 6.45) is 3.55. The number of methoxy groups -OCH3 is 1. The first-order valence-corrected chi connectivity index (χ1v) is 11.2. The maximum atomic E-state index is 12.4. The zero-order chi connectivity index (χ0) is 22.4. The summed E-state index contributed by atoms with van der Waals surface area (Å²) in [7, 11) is 1.51. The number of aryl methyl sites for hydroxylation is 1. The first-order chi connectivity index (χ1) is 14.8. The Bertz CT molecular complexity index is 1050. The molecule has 2 aromatic heterocycles. The van der Waals surface area contributed by atoms with Crippen molar-refractivity contribution < 1.29 is 18.7 Å². The van der Waals surface area contributed by atoms with E-state index in [0.717, 1.165) is 15.1 Å². The van der Waals surface area contributed by atoms with E-state index in [9.17, 15) is 9.59 Å². The van der Waals surface area contributed by atoms with Crippen LogP contribution in [-0.2, 0) is 9.59 Å². The fraction of sp³-hybridized carbons (Fsp3) is 0.350. The van der Waals surface area contributed by atoms with Crippen LogP contribution >= 0.6 is 23.1 Å². The second-order valence-electron chi connectivity index (χ2n) is 7.26. The fourth-order valence-electron chi connectivity index (χ4n) is 2.67. The Hall–Kier alpha value is -2.92. The molecule has 0 saturated heterocycles. The highest BCUT2D eigenvalue weighted by molar-refractivity contribution is 8.01. The lowest BCUT2D eigenvalue weighted by molar-refractivity contribution is -0.137. The van der Waals surface area contributed by atoms with E-state index >= 15 is 0 Å². The molecule has 2 N–H and O–H groups in total. The first kappa shape index (κ1) is 22.8. The molecule has 0 fully saturated rings. The van der Waals surface area contributed by atoms with Crippen molar-refractivity contribution in [2.45, 2.75) is 37.1 Å². The number of thioether (sulfide) groups is 1. The summed E-state index contributed by atoms with van der Waals surface area (Å²) in [6.45, 7) is 5.65. The van der Waals surface area contributed by atoms with Crippen LogP contribution in [0.15, 0.2) is 39.5 Å². The number of amides is 2. The molecule has 0 unspecified atom stereocenters. The fourth-order valence-corrected chi connectivity index (χ4v) is 4.82. The Morgan fingerprint density at radius 1 is 1.26 bits per heavy atom. The van der Waals surface area contributed by atoms with Gasteiger partial charge in [-0.05, 0) is 39.3 Å². The van der Waals surface area contributed by atoms with Crippen molar-refractivity contribution in [3.63, 3.8) is 0 Å². The average Bonchev–Trinajstić information content (AvgIpc) is 3.39. The van der Waals surface area contributed by atoms with Crippen molar-refractivity contribution in [2.24, 2.45) is 0 Å². The summed E-state index contributed by atoms with van der Waals surface area (Å²) in [4.78, 5) is 28.7. The molecular weight excluding hydrogens is 438 g/mol. The van der Waals surface area contributed by atoms with Crippen LogP contribution < -0.4 is 15.4 Å². The van der Waals surface area contributed by atoms with E-state index in [0.29, 0.717) is 29.2 Å². The van der Waals surface area contributed by atoms with Crippen LogP contribution in [0, 0.1) is 6.92 Å². The third-order valence-electron chi connectivity index (χ3n) is 4.28. The van der Waals surface area contributed by atoms with Crippen LogP contribution in [0.25, 0.3) is 11.3 Å². The number of carbonyl (C=O) groups excluding carboxylic acids is 2. The van der Waals surface area contributed by atoms with Gasteiger partial charge in [-0.15, -0.1) is 10.2 Å². The van der Waals surface area contributed by atoms with Crippen molar-refractivity contribution in [1.82, 2.24) is 20.5 Å². The standard InChI is InChI=1S/C20H23N5O4S2/c1-12-24-25-19(31-12)30-8-7-20(2,3)23-18(27)17(26)22-13-5-6-14(15(9-13)28-4)16-10-21-11-29-16/h5-6,9-11H,7-8H2,1-4H3,(H,22,26)(H,23,27). The van der Waals surface area contributed by atoms with Crippen LogP contribution in [-0.4, -0.2) is 45.4 Å². The highest BCUT2D eigenvalue weighted by Gasteiger charge is 2.25. The van der Waals surface area contributed by atoms with Gasteiger partial charge < -0.3 is 19.8 Å². The van der Waals surface area contributed by atoms with Crippen molar-refractivity contribution >= 4 is 40.6 Å². The monoisotopic (exact) mass is 461 g/mol. The normalized spacial score (nSPS) is 11.2. The zero-order valence-corrected chi connectivity index (χ0v) is 19.2. The lowest BCUT2D eigenvalue weighted by Gasteiger charge is -2.25. The van der Waals surface area contributed by atoms with Crippen LogP contribution in [0.5, 0.6) is 5.75 Å². The van der Waals surface area contributed by atoms with E-state index in [1.165, 1.54) is 24.8 Å². The van der Waals surface area contributed by atoms with E-state index in [1.54, 1.807) is 36.2 Å². The molecule has 0 atom stereocenters. The lowest BCUT2D eigenvalue weighted by atomic mass is 10.0. The molecule has 9 nitrogen and oxygen atoms in total. The number of anilines is 1. The SMILES string of the molecule is COc1cc(NC(=O)C(=O)NC(C)(C)CCSc2nnc(C)s2)ccc1-c1cnco1. The predicted molar refractivity (Wildman–Crippen MR) is 119 cm³/mol. The second kappa shape index (κ2) is 9.92. The molecule has 3 rings (SSSR count). The van der Waals surface area contributed by atoms with E-state index in [1.807, 2.05) is 20.8 Å². The molecule has 0 aliphatic rings.